The first-order valence-corrected chi connectivity index (χ1v) is 20.4. The van der Waals surface area contributed by atoms with Gasteiger partial charge in [-0.3, -0.25) is 0 Å². The van der Waals surface area contributed by atoms with Crippen LogP contribution in [0.5, 0.6) is 0 Å². The lowest BCUT2D eigenvalue weighted by atomic mass is 9.93. The Kier molecular flexibility index (Phi) is 7.60. The molecule has 0 saturated heterocycles. The molecule has 0 bridgehead atoms. The molecule has 4 heteroatoms. The van der Waals surface area contributed by atoms with Crippen LogP contribution in [0.4, 0.5) is 0 Å². The summed E-state index contributed by atoms with van der Waals surface area (Å²) in [6.07, 6.45) is 0. The molecule has 1 aliphatic heterocycles. The van der Waals surface area contributed by atoms with E-state index in [0.29, 0.717) is 17.5 Å². The number of benzene rings is 7. The maximum Gasteiger partial charge on any atom is 0.164 e. The molecule has 0 aliphatic carbocycles. The van der Waals surface area contributed by atoms with E-state index in [-0.39, 0.29) is 0 Å². The van der Waals surface area contributed by atoms with E-state index in [0.717, 1.165) is 27.8 Å². The van der Waals surface area contributed by atoms with Gasteiger partial charge in [0, 0.05) is 16.7 Å². The average molecular weight is 670 g/mol. The van der Waals surface area contributed by atoms with Crippen molar-refractivity contribution in [2.75, 3.05) is 0 Å². The maximum atomic E-state index is 5.20. The molecular formula is C47H35N3Si. The van der Waals surface area contributed by atoms with E-state index >= 15 is 0 Å². The number of hydrogen-bond acceptors (Lipinski definition) is 3. The molecule has 0 saturated carbocycles. The fourth-order valence-electron chi connectivity index (χ4n) is 7.48. The van der Waals surface area contributed by atoms with Crippen LogP contribution in [0, 0.1) is 0 Å². The van der Waals surface area contributed by atoms with Gasteiger partial charge in [-0.2, -0.15) is 0 Å². The van der Waals surface area contributed by atoms with Gasteiger partial charge in [-0.05, 0) is 73.1 Å². The van der Waals surface area contributed by atoms with Gasteiger partial charge in [0.15, 0.2) is 17.5 Å². The summed E-state index contributed by atoms with van der Waals surface area (Å²) < 4.78 is 0. The Morgan fingerprint density at radius 2 is 0.706 bits per heavy atom. The van der Waals surface area contributed by atoms with Crippen molar-refractivity contribution in [3.8, 4) is 78.7 Å². The number of rotatable bonds is 6. The molecule has 0 unspecified atom stereocenters. The number of nitrogens with zero attached hydrogens (tertiary/aromatic N) is 3. The molecule has 51 heavy (non-hydrogen) atoms. The summed E-state index contributed by atoms with van der Waals surface area (Å²) in [5.41, 5.74) is 12.6. The molecule has 1 aliphatic rings. The fraction of sp³-hybridized carbons (Fsp3) is 0.0426. The molecule has 0 spiro atoms. The molecule has 242 valence electrons. The first-order chi connectivity index (χ1) is 25.0. The van der Waals surface area contributed by atoms with E-state index in [9.17, 15) is 0 Å². The second-order valence-corrected chi connectivity index (χ2v) is 18.0. The van der Waals surface area contributed by atoms with Gasteiger partial charge in [-0.1, -0.05) is 171 Å². The van der Waals surface area contributed by atoms with Crippen LogP contribution in [-0.2, 0) is 0 Å². The van der Waals surface area contributed by atoms with E-state index in [1.807, 2.05) is 18.2 Å². The number of fused-ring (bicyclic) bond motifs is 3. The molecule has 3 nitrogen and oxygen atoms in total. The quantitative estimate of drug-likeness (QED) is 0.165. The largest absolute Gasteiger partial charge is 0.208 e. The van der Waals surface area contributed by atoms with Crippen molar-refractivity contribution in [1.29, 1.82) is 0 Å². The molecule has 0 radical (unpaired) electrons. The second kappa shape index (κ2) is 12.6. The van der Waals surface area contributed by atoms with Crippen molar-refractivity contribution in [3.05, 3.63) is 176 Å². The third-order valence-corrected chi connectivity index (χ3v) is 13.7. The minimum absolute atomic E-state index is 0.661. The van der Waals surface area contributed by atoms with Gasteiger partial charge in [0.1, 0.15) is 8.07 Å². The van der Waals surface area contributed by atoms with E-state index in [4.69, 9.17) is 15.0 Å². The fourth-order valence-corrected chi connectivity index (χ4v) is 10.6. The van der Waals surface area contributed by atoms with Gasteiger partial charge >= 0.3 is 0 Å². The summed E-state index contributed by atoms with van der Waals surface area (Å²) in [7, 11) is -1.86. The Morgan fingerprint density at radius 3 is 1.27 bits per heavy atom. The molecule has 2 heterocycles. The summed E-state index contributed by atoms with van der Waals surface area (Å²) in [6.45, 7) is 4.88. The van der Waals surface area contributed by atoms with Crippen LogP contribution in [0.2, 0.25) is 13.1 Å². The summed E-state index contributed by atoms with van der Waals surface area (Å²) in [5, 5.41) is 2.90. The highest BCUT2D eigenvalue weighted by molar-refractivity contribution is 7.04. The van der Waals surface area contributed by atoms with E-state index in [1.54, 1.807) is 0 Å². The molecule has 1 aromatic heterocycles. The zero-order chi connectivity index (χ0) is 34.4. The standard InChI is InChI=1S/C47H35N3Si/c1-51(2)42-23-13-12-21-40(42)44-41(22-14-24-43(44)51)47-49-45(35-19-10-5-11-20-35)48-46(50-47)36-27-25-34(26-28-36)39-30-37(32-15-6-3-7-16-32)29-38(31-39)33-17-8-4-9-18-33/h3-31H,1-2H3. The summed E-state index contributed by atoms with van der Waals surface area (Å²) >= 11 is 0. The zero-order valence-corrected chi connectivity index (χ0v) is 29.6. The van der Waals surface area contributed by atoms with E-state index in [2.05, 4.69) is 171 Å². The highest BCUT2D eigenvalue weighted by Crippen LogP contribution is 2.37. The van der Waals surface area contributed by atoms with Crippen LogP contribution in [0.1, 0.15) is 0 Å². The highest BCUT2D eigenvalue weighted by atomic mass is 28.3. The first kappa shape index (κ1) is 30.8. The Balaban J connectivity index is 1.17. The van der Waals surface area contributed by atoms with E-state index in [1.165, 1.54) is 43.8 Å². The van der Waals surface area contributed by atoms with Gasteiger partial charge in [0.25, 0.3) is 0 Å². The van der Waals surface area contributed by atoms with Gasteiger partial charge in [-0.15, -0.1) is 0 Å². The number of aromatic nitrogens is 3. The predicted molar refractivity (Wildman–Crippen MR) is 215 cm³/mol. The molecule has 0 atom stereocenters. The van der Waals surface area contributed by atoms with Crippen LogP contribution >= 0.6 is 0 Å². The van der Waals surface area contributed by atoms with Crippen LogP contribution in [0.25, 0.3) is 78.7 Å². The lowest BCUT2D eigenvalue weighted by Crippen LogP contribution is -2.49. The predicted octanol–water partition coefficient (Wildman–Crippen LogP) is 10.7. The van der Waals surface area contributed by atoms with Gasteiger partial charge in [-0.25, -0.2) is 15.0 Å². The van der Waals surface area contributed by atoms with Crippen LogP contribution in [-0.4, -0.2) is 23.0 Å². The topological polar surface area (TPSA) is 38.7 Å². The van der Waals surface area contributed by atoms with Gasteiger partial charge in [0.2, 0.25) is 0 Å². The molecule has 0 N–H and O–H groups in total. The van der Waals surface area contributed by atoms with Gasteiger partial charge in [0.05, 0.1) is 0 Å². The maximum absolute atomic E-state index is 5.20. The molecule has 0 amide bonds. The lowest BCUT2D eigenvalue weighted by Gasteiger charge is -2.18. The Hall–Kier alpha value is -6.23. The first-order valence-electron chi connectivity index (χ1n) is 17.4. The van der Waals surface area contributed by atoms with Crippen molar-refractivity contribution in [2.24, 2.45) is 0 Å². The third kappa shape index (κ3) is 5.60. The lowest BCUT2D eigenvalue weighted by molar-refractivity contribution is 1.07. The van der Waals surface area contributed by atoms with E-state index < -0.39 is 8.07 Å². The third-order valence-electron chi connectivity index (χ3n) is 10.1. The van der Waals surface area contributed by atoms with Crippen molar-refractivity contribution < 1.29 is 0 Å². The second-order valence-electron chi connectivity index (χ2n) is 13.7. The smallest absolute Gasteiger partial charge is 0.164 e. The normalized spacial score (nSPS) is 12.7. The zero-order valence-electron chi connectivity index (χ0n) is 28.6. The Labute approximate surface area is 300 Å². The summed E-state index contributed by atoms with van der Waals surface area (Å²) in [4.78, 5) is 15.4. The minimum Gasteiger partial charge on any atom is -0.208 e. The van der Waals surface area contributed by atoms with Crippen molar-refractivity contribution in [1.82, 2.24) is 15.0 Å². The molecule has 7 aromatic carbocycles. The Morgan fingerprint density at radius 1 is 0.314 bits per heavy atom. The van der Waals surface area contributed by atoms with Crippen molar-refractivity contribution in [2.45, 2.75) is 13.1 Å². The molecule has 8 aromatic rings. The average Bonchev–Trinajstić information content (AvgIpc) is 3.44. The summed E-state index contributed by atoms with van der Waals surface area (Å²) in [5.74, 6) is 2.03. The van der Waals surface area contributed by atoms with Gasteiger partial charge < -0.3 is 0 Å². The summed E-state index contributed by atoms with van der Waals surface area (Å²) in [6, 6.07) is 62.4. The monoisotopic (exact) mass is 669 g/mol. The van der Waals surface area contributed by atoms with Crippen LogP contribution in [0.3, 0.4) is 0 Å². The Bertz CT molecular complexity index is 2470. The van der Waals surface area contributed by atoms with Crippen molar-refractivity contribution >= 4 is 18.4 Å². The minimum atomic E-state index is -1.86. The molecular weight excluding hydrogens is 635 g/mol. The van der Waals surface area contributed by atoms with Crippen LogP contribution < -0.4 is 10.4 Å². The molecule has 0 fully saturated rings. The SMILES string of the molecule is C[Si]1(C)c2ccccc2-c2c(-c3nc(-c4ccccc4)nc(-c4ccc(-c5cc(-c6ccccc6)cc(-c6ccccc6)c5)cc4)n3)cccc21. The highest BCUT2D eigenvalue weighted by Gasteiger charge is 2.38. The number of hydrogen-bond donors (Lipinski definition) is 0. The van der Waals surface area contributed by atoms with Crippen LogP contribution in [0.15, 0.2) is 176 Å². The molecule has 9 rings (SSSR count). The van der Waals surface area contributed by atoms with Crippen molar-refractivity contribution in [3.63, 3.8) is 0 Å².